The topological polar surface area (TPSA) is 50.9 Å². The molecule has 3 heteroatoms. The highest BCUT2D eigenvalue weighted by Gasteiger charge is 1.98. The normalized spacial score (nSPS) is 10.2. The molecule has 88 valence electrons. The van der Waals surface area contributed by atoms with Crippen molar-refractivity contribution in [3.8, 4) is 0 Å². The lowest BCUT2D eigenvalue weighted by Crippen LogP contribution is -2.08. The summed E-state index contributed by atoms with van der Waals surface area (Å²) in [5, 5.41) is 3.24. The van der Waals surface area contributed by atoms with Gasteiger partial charge in [0, 0.05) is 12.7 Å². The Bertz CT molecular complexity index is 494. The van der Waals surface area contributed by atoms with Crippen LogP contribution in [0.2, 0.25) is 0 Å². The Morgan fingerprint density at radius 1 is 1.24 bits per heavy atom. The standard InChI is InChI=1S/C14H17N3/c1-11-4-2-5-12(10-11)7-9-17-14-13(15)6-3-8-16-14/h2-6,8,10H,7,9,15H2,1H3,(H,16,17). The van der Waals surface area contributed by atoms with Crippen LogP contribution < -0.4 is 11.1 Å². The fraction of sp³-hybridized carbons (Fsp3) is 0.214. The molecule has 1 aromatic heterocycles. The summed E-state index contributed by atoms with van der Waals surface area (Å²) in [7, 11) is 0. The summed E-state index contributed by atoms with van der Waals surface area (Å²) in [4.78, 5) is 4.19. The molecule has 2 aromatic rings. The van der Waals surface area contributed by atoms with E-state index >= 15 is 0 Å². The fourth-order valence-electron chi connectivity index (χ4n) is 1.76. The van der Waals surface area contributed by atoms with Gasteiger partial charge in [-0.05, 0) is 31.0 Å². The molecule has 0 saturated heterocycles. The number of hydrogen-bond donors (Lipinski definition) is 2. The Labute approximate surface area is 102 Å². The van der Waals surface area contributed by atoms with Crippen molar-refractivity contribution in [2.24, 2.45) is 0 Å². The van der Waals surface area contributed by atoms with Gasteiger partial charge in [-0.25, -0.2) is 4.98 Å². The quantitative estimate of drug-likeness (QED) is 0.844. The molecule has 0 radical (unpaired) electrons. The van der Waals surface area contributed by atoms with Gasteiger partial charge in [0.15, 0.2) is 0 Å². The lowest BCUT2D eigenvalue weighted by Gasteiger charge is -2.08. The zero-order valence-corrected chi connectivity index (χ0v) is 9.98. The van der Waals surface area contributed by atoms with E-state index in [1.807, 2.05) is 12.1 Å². The minimum absolute atomic E-state index is 0.691. The lowest BCUT2D eigenvalue weighted by atomic mass is 10.1. The maximum absolute atomic E-state index is 5.80. The van der Waals surface area contributed by atoms with E-state index in [2.05, 4.69) is 41.5 Å². The average Bonchev–Trinajstić information content (AvgIpc) is 2.32. The molecular weight excluding hydrogens is 210 g/mol. The van der Waals surface area contributed by atoms with Crippen LogP contribution >= 0.6 is 0 Å². The van der Waals surface area contributed by atoms with Crippen molar-refractivity contribution >= 4 is 11.5 Å². The second kappa shape index (κ2) is 5.34. The summed E-state index contributed by atoms with van der Waals surface area (Å²) in [6.07, 6.45) is 2.71. The third-order valence-corrected chi connectivity index (χ3v) is 2.63. The number of aromatic nitrogens is 1. The molecular formula is C14H17N3. The van der Waals surface area contributed by atoms with Gasteiger partial charge in [-0.3, -0.25) is 0 Å². The van der Waals surface area contributed by atoms with Crippen LogP contribution in [0.5, 0.6) is 0 Å². The summed E-state index contributed by atoms with van der Waals surface area (Å²) in [5.41, 5.74) is 9.11. The molecule has 0 spiro atoms. The maximum atomic E-state index is 5.80. The Kier molecular flexibility index (Phi) is 3.60. The first-order valence-electron chi connectivity index (χ1n) is 5.75. The first kappa shape index (κ1) is 11.5. The smallest absolute Gasteiger partial charge is 0.149 e. The number of rotatable bonds is 4. The molecule has 1 aromatic carbocycles. The van der Waals surface area contributed by atoms with Gasteiger partial charge in [0.1, 0.15) is 5.82 Å². The van der Waals surface area contributed by atoms with Gasteiger partial charge < -0.3 is 11.1 Å². The van der Waals surface area contributed by atoms with E-state index in [0.29, 0.717) is 5.69 Å². The SMILES string of the molecule is Cc1cccc(CCNc2ncccc2N)c1. The van der Waals surface area contributed by atoms with Crippen molar-refractivity contribution in [3.05, 3.63) is 53.7 Å². The van der Waals surface area contributed by atoms with Gasteiger partial charge in [-0.2, -0.15) is 0 Å². The monoisotopic (exact) mass is 227 g/mol. The molecule has 3 nitrogen and oxygen atoms in total. The first-order chi connectivity index (χ1) is 8.25. The predicted octanol–water partition coefficient (Wildman–Crippen LogP) is 2.63. The van der Waals surface area contributed by atoms with Crippen LogP contribution in [0.1, 0.15) is 11.1 Å². The Morgan fingerprint density at radius 3 is 2.88 bits per heavy atom. The van der Waals surface area contributed by atoms with Crippen molar-refractivity contribution in [2.75, 3.05) is 17.6 Å². The van der Waals surface area contributed by atoms with Crippen LogP contribution in [0.25, 0.3) is 0 Å². The average molecular weight is 227 g/mol. The molecule has 0 aliphatic heterocycles. The van der Waals surface area contributed by atoms with Crippen molar-refractivity contribution in [1.29, 1.82) is 0 Å². The predicted molar refractivity (Wildman–Crippen MR) is 72.0 cm³/mol. The second-order valence-corrected chi connectivity index (χ2v) is 4.11. The zero-order valence-electron chi connectivity index (χ0n) is 9.98. The number of nitrogens with zero attached hydrogens (tertiary/aromatic N) is 1. The minimum Gasteiger partial charge on any atom is -0.396 e. The van der Waals surface area contributed by atoms with Gasteiger partial charge >= 0.3 is 0 Å². The fourth-order valence-corrected chi connectivity index (χ4v) is 1.76. The molecule has 0 aliphatic rings. The number of hydrogen-bond acceptors (Lipinski definition) is 3. The van der Waals surface area contributed by atoms with E-state index in [1.165, 1.54) is 11.1 Å². The summed E-state index contributed by atoms with van der Waals surface area (Å²) in [6, 6.07) is 12.2. The lowest BCUT2D eigenvalue weighted by molar-refractivity contribution is 1.00. The van der Waals surface area contributed by atoms with Crippen molar-refractivity contribution < 1.29 is 0 Å². The van der Waals surface area contributed by atoms with Gasteiger partial charge in [0.25, 0.3) is 0 Å². The highest BCUT2D eigenvalue weighted by atomic mass is 15.0. The summed E-state index contributed by atoms with van der Waals surface area (Å²) in [6.45, 7) is 2.94. The van der Waals surface area contributed by atoms with E-state index in [9.17, 15) is 0 Å². The molecule has 0 amide bonds. The van der Waals surface area contributed by atoms with E-state index in [-0.39, 0.29) is 0 Å². The number of aryl methyl sites for hydroxylation is 1. The van der Waals surface area contributed by atoms with Crippen LogP contribution in [0.3, 0.4) is 0 Å². The third-order valence-electron chi connectivity index (χ3n) is 2.63. The van der Waals surface area contributed by atoms with Gasteiger partial charge in [0.05, 0.1) is 5.69 Å². The Morgan fingerprint density at radius 2 is 2.12 bits per heavy atom. The number of nitrogens with two attached hydrogens (primary N) is 1. The van der Waals surface area contributed by atoms with E-state index < -0.39 is 0 Å². The number of benzene rings is 1. The molecule has 17 heavy (non-hydrogen) atoms. The van der Waals surface area contributed by atoms with Gasteiger partial charge in [-0.15, -0.1) is 0 Å². The highest BCUT2D eigenvalue weighted by Crippen LogP contribution is 2.13. The Hall–Kier alpha value is -2.03. The van der Waals surface area contributed by atoms with Gasteiger partial charge in [-0.1, -0.05) is 29.8 Å². The number of nitrogens with one attached hydrogen (secondary N) is 1. The molecule has 2 rings (SSSR count). The number of anilines is 2. The Balaban J connectivity index is 1.90. The maximum Gasteiger partial charge on any atom is 0.149 e. The molecule has 1 heterocycles. The molecule has 0 fully saturated rings. The minimum atomic E-state index is 0.691. The first-order valence-corrected chi connectivity index (χ1v) is 5.75. The van der Waals surface area contributed by atoms with Gasteiger partial charge in [0.2, 0.25) is 0 Å². The summed E-state index contributed by atoms with van der Waals surface area (Å²) < 4.78 is 0. The molecule has 0 saturated carbocycles. The molecule has 0 bridgehead atoms. The number of pyridine rings is 1. The molecule has 0 unspecified atom stereocenters. The molecule has 0 atom stereocenters. The van der Waals surface area contributed by atoms with Crippen LogP contribution in [0, 0.1) is 6.92 Å². The van der Waals surface area contributed by atoms with E-state index in [1.54, 1.807) is 6.20 Å². The summed E-state index contributed by atoms with van der Waals surface area (Å²) >= 11 is 0. The second-order valence-electron chi connectivity index (χ2n) is 4.11. The zero-order chi connectivity index (χ0) is 12.1. The largest absolute Gasteiger partial charge is 0.396 e. The van der Waals surface area contributed by atoms with Crippen molar-refractivity contribution in [2.45, 2.75) is 13.3 Å². The van der Waals surface area contributed by atoms with Crippen LogP contribution in [-0.2, 0) is 6.42 Å². The van der Waals surface area contributed by atoms with Crippen LogP contribution in [0.15, 0.2) is 42.6 Å². The van der Waals surface area contributed by atoms with E-state index in [0.717, 1.165) is 18.8 Å². The van der Waals surface area contributed by atoms with Crippen LogP contribution in [0.4, 0.5) is 11.5 Å². The van der Waals surface area contributed by atoms with E-state index in [4.69, 9.17) is 5.73 Å². The summed E-state index contributed by atoms with van der Waals surface area (Å²) in [5.74, 6) is 0.764. The van der Waals surface area contributed by atoms with Crippen molar-refractivity contribution in [3.63, 3.8) is 0 Å². The highest BCUT2D eigenvalue weighted by molar-refractivity contribution is 5.60. The number of nitrogen functional groups attached to an aromatic ring is 1. The molecule has 0 aliphatic carbocycles. The third kappa shape index (κ3) is 3.21. The van der Waals surface area contributed by atoms with Crippen LogP contribution in [-0.4, -0.2) is 11.5 Å². The van der Waals surface area contributed by atoms with Crippen molar-refractivity contribution in [1.82, 2.24) is 4.98 Å². The molecule has 3 N–H and O–H groups in total.